The number of hydrogen-bond donors (Lipinski definition) is 1. The average molecular weight is 332 g/mol. The highest BCUT2D eigenvalue weighted by Crippen LogP contribution is 2.35. The van der Waals surface area contributed by atoms with Crippen molar-refractivity contribution in [1.29, 1.82) is 0 Å². The van der Waals surface area contributed by atoms with Crippen molar-refractivity contribution >= 4 is 12.1 Å². The Bertz CT molecular complexity index is 415. The van der Waals surface area contributed by atoms with Gasteiger partial charge >= 0.3 is 12.1 Å². The van der Waals surface area contributed by atoms with E-state index in [0.717, 1.165) is 12.8 Å². The van der Waals surface area contributed by atoms with Crippen LogP contribution in [-0.2, 0) is 24.0 Å². The summed E-state index contributed by atoms with van der Waals surface area (Å²) >= 11 is 0. The van der Waals surface area contributed by atoms with Crippen LogP contribution in [0.3, 0.4) is 0 Å². The van der Waals surface area contributed by atoms with Crippen LogP contribution in [0.5, 0.6) is 0 Å². The Balaban J connectivity index is 4.58. The summed E-state index contributed by atoms with van der Waals surface area (Å²) in [4.78, 5) is 32.4. The first-order chi connectivity index (χ1) is 10.5. The molecule has 0 spiro atoms. The van der Waals surface area contributed by atoms with Crippen molar-refractivity contribution in [1.82, 2.24) is 0 Å². The third-order valence-electron chi connectivity index (χ3n) is 3.90. The molecule has 0 saturated heterocycles. The Morgan fingerprint density at radius 2 is 1.74 bits per heavy atom. The van der Waals surface area contributed by atoms with Crippen LogP contribution in [0.15, 0.2) is 12.3 Å². The third kappa shape index (κ3) is 7.36. The zero-order valence-corrected chi connectivity index (χ0v) is 14.8. The lowest BCUT2D eigenvalue weighted by molar-refractivity contribution is -0.320. The molecule has 23 heavy (non-hydrogen) atoms. The topological polar surface area (TPSA) is 91.3 Å². The van der Waals surface area contributed by atoms with Crippen molar-refractivity contribution in [3.63, 3.8) is 0 Å². The van der Waals surface area contributed by atoms with Gasteiger partial charge in [-0.15, -0.1) is 0 Å². The normalized spacial score (nSPS) is 14.0. The molecule has 2 atom stereocenters. The van der Waals surface area contributed by atoms with E-state index in [2.05, 4.69) is 39.0 Å². The Hall–Kier alpha value is -1.76. The Morgan fingerprint density at radius 3 is 2.17 bits per heavy atom. The largest absolute Gasteiger partial charge is 0.508 e. The second-order valence-electron chi connectivity index (χ2n) is 6.21. The maximum atomic E-state index is 11.7. The first kappa shape index (κ1) is 21.2. The van der Waals surface area contributed by atoms with Gasteiger partial charge in [-0.05, 0) is 24.3 Å². The van der Waals surface area contributed by atoms with Crippen molar-refractivity contribution in [3.8, 4) is 0 Å². The molecule has 0 aromatic carbocycles. The molecule has 0 amide bonds. The van der Waals surface area contributed by atoms with Gasteiger partial charge in [0.2, 0.25) is 12.0 Å². The van der Waals surface area contributed by atoms with Crippen LogP contribution in [0.2, 0.25) is 0 Å². The number of carbonyl (C=O) groups excluding carboxylic acids is 1. The van der Waals surface area contributed by atoms with Crippen molar-refractivity contribution in [2.45, 2.75) is 66.8 Å². The van der Waals surface area contributed by atoms with Gasteiger partial charge in [0, 0.05) is 6.92 Å². The summed E-state index contributed by atoms with van der Waals surface area (Å²) in [6.45, 7) is 15.0. The maximum Gasteiger partial charge on any atom is 0.508 e. The molecule has 0 heterocycles. The van der Waals surface area contributed by atoms with Crippen LogP contribution in [0.4, 0.5) is 4.79 Å². The molecule has 0 radical (unpaired) electrons. The molecule has 0 fully saturated rings. The van der Waals surface area contributed by atoms with E-state index in [1.165, 1.54) is 6.92 Å². The van der Waals surface area contributed by atoms with Gasteiger partial charge in [0.25, 0.3) is 0 Å². The van der Waals surface area contributed by atoms with Gasteiger partial charge in [-0.25, -0.2) is 9.59 Å². The standard InChI is InChI=1S/C16H28O7/c1-8-9-13(16(6,7)10(2)3)23-22-11(4)14(17)20-12(5)21-15(18)19/h10,12-13H,4,8-9H2,1-3,5-7H3,(H,18,19). The second kappa shape index (κ2) is 9.39. The van der Waals surface area contributed by atoms with Crippen LogP contribution >= 0.6 is 0 Å². The molecule has 0 aliphatic heterocycles. The quantitative estimate of drug-likeness (QED) is 0.162. The Morgan fingerprint density at radius 1 is 1.17 bits per heavy atom. The maximum absolute atomic E-state index is 11.7. The van der Waals surface area contributed by atoms with E-state index in [1.807, 2.05) is 6.92 Å². The monoisotopic (exact) mass is 332 g/mol. The molecule has 7 nitrogen and oxygen atoms in total. The number of hydrogen-bond acceptors (Lipinski definition) is 6. The number of rotatable bonds is 10. The van der Waals surface area contributed by atoms with Crippen molar-refractivity contribution in [2.75, 3.05) is 0 Å². The molecule has 7 heteroatoms. The molecule has 0 bridgehead atoms. The molecule has 134 valence electrons. The minimum atomic E-state index is -1.55. The third-order valence-corrected chi connectivity index (χ3v) is 3.90. The highest BCUT2D eigenvalue weighted by molar-refractivity contribution is 5.85. The predicted molar refractivity (Wildman–Crippen MR) is 83.3 cm³/mol. The molecular formula is C16H28O7. The van der Waals surface area contributed by atoms with Crippen molar-refractivity contribution in [3.05, 3.63) is 12.3 Å². The van der Waals surface area contributed by atoms with Crippen molar-refractivity contribution in [2.24, 2.45) is 11.3 Å². The van der Waals surface area contributed by atoms with Gasteiger partial charge in [-0.1, -0.05) is 41.0 Å². The minimum Gasteiger partial charge on any atom is -0.450 e. The van der Waals surface area contributed by atoms with Gasteiger partial charge in [-0.3, -0.25) is 0 Å². The van der Waals surface area contributed by atoms with E-state index in [-0.39, 0.29) is 17.3 Å². The lowest BCUT2D eigenvalue weighted by Gasteiger charge is -2.36. The van der Waals surface area contributed by atoms with E-state index in [9.17, 15) is 9.59 Å². The lowest BCUT2D eigenvalue weighted by Crippen LogP contribution is -2.36. The van der Waals surface area contributed by atoms with Gasteiger partial charge in [-0.2, -0.15) is 4.89 Å². The summed E-state index contributed by atoms with van der Waals surface area (Å²) in [5.41, 5.74) is -0.167. The molecule has 0 aromatic rings. The second-order valence-corrected chi connectivity index (χ2v) is 6.21. The number of carboxylic acid groups (broad SMARTS) is 1. The fourth-order valence-corrected chi connectivity index (χ4v) is 1.71. The Labute approximate surface area is 137 Å². The molecular weight excluding hydrogens is 304 g/mol. The smallest absolute Gasteiger partial charge is 0.450 e. The molecule has 0 aromatic heterocycles. The minimum absolute atomic E-state index is 0.167. The summed E-state index contributed by atoms with van der Waals surface area (Å²) in [5.74, 6) is -0.977. The number of carbonyl (C=O) groups is 2. The van der Waals surface area contributed by atoms with E-state index < -0.39 is 18.4 Å². The van der Waals surface area contributed by atoms with Gasteiger partial charge in [0.1, 0.15) is 6.10 Å². The summed E-state index contributed by atoms with van der Waals surface area (Å²) in [6.07, 6.45) is -1.39. The predicted octanol–water partition coefficient (Wildman–Crippen LogP) is 3.88. The molecule has 2 unspecified atom stereocenters. The lowest BCUT2D eigenvalue weighted by atomic mass is 9.75. The Kier molecular flexibility index (Phi) is 8.68. The van der Waals surface area contributed by atoms with Crippen molar-refractivity contribution < 1.29 is 33.9 Å². The SMILES string of the molecule is C=C(OOC(CCC)C(C)(C)C(C)C)C(=O)OC(C)OC(=O)O. The van der Waals surface area contributed by atoms with E-state index in [1.54, 1.807) is 0 Å². The highest BCUT2D eigenvalue weighted by Gasteiger charge is 2.34. The van der Waals surface area contributed by atoms with Crippen LogP contribution in [-0.4, -0.2) is 29.6 Å². The van der Waals surface area contributed by atoms with Crippen LogP contribution in [0.1, 0.15) is 54.4 Å². The summed E-state index contributed by atoms with van der Waals surface area (Å²) in [7, 11) is 0. The number of ether oxygens (including phenoxy) is 2. The summed E-state index contributed by atoms with van der Waals surface area (Å²) < 4.78 is 8.96. The summed E-state index contributed by atoms with van der Waals surface area (Å²) in [5, 5.41) is 8.42. The molecule has 1 N–H and O–H groups in total. The fraction of sp³-hybridized carbons (Fsp3) is 0.750. The first-order valence-electron chi connectivity index (χ1n) is 7.65. The average Bonchev–Trinajstić information content (AvgIpc) is 2.41. The van der Waals surface area contributed by atoms with Crippen LogP contribution < -0.4 is 0 Å². The van der Waals surface area contributed by atoms with Crippen LogP contribution in [0.25, 0.3) is 0 Å². The van der Waals surface area contributed by atoms with Crippen LogP contribution in [0, 0.1) is 11.3 Å². The molecule has 0 rings (SSSR count). The zero-order chi connectivity index (χ0) is 18.2. The molecule has 0 saturated carbocycles. The molecule has 0 aliphatic rings. The summed E-state index contributed by atoms with van der Waals surface area (Å²) in [6, 6.07) is 0. The van der Waals surface area contributed by atoms with E-state index in [0.29, 0.717) is 5.92 Å². The zero-order valence-electron chi connectivity index (χ0n) is 14.8. The van der Waals surface area contributed by atoms with Gasteiger partial charge in [0.15, 0.2) is 0 Å². The molecule has 0 aliphatic carbocycles. The first-order valence-corrected chi connectivity index (χ1v) is 7.65. The van der Waals surface area contributed by atoms with Gasteiger partial charge < -0.3 is 19.5 Å². The van der Waals surface area contributed by atoms with Gasteiger partial charge in [0.05, 0.1) is 0 Å². The fourth-order valence-electron chi connectivity index (χ4n) is 1.71. The van der Waals surface area contributed by atoms with E-state index in [4.69, 9.17) is 19.6 Å². The highest BCUT2D eigenvalue weighted by atomic mass is 17.2. The number of esters is 1. The van der Waals surface area contributed by atoms with E-state index >= 15 is 0 Å².